The van der Waals surface area contributed by atoms with E-state index in [0.717, 1.165) is 36.8 Å². The van der Waals surface area contributed by atoms with Gasteiger partial charge in [0.05, 0.1) is 18.8 Å². The summed E-state index contributed by atoms with van der Waals surface area (Å²) in [7, 11) is 1.76. The summed E-state index contributed by atoms with van der Waals surface area (Å²) in [5.74, 6) is 2.07. The van der Waals surface area contributed by atoms with Crippen molar-refractivity contribution in [1.82, 2.24) is 15.8 Å². The highest BCUT2D eigenvalue weighted by Crippen LogP contribution is 2.22. The van der Waals surface area contributed by atoms with Crippen LogP contribution in [-0.2, 0) is 13.1 Å². The maximum Gasteiger partial charge on any atom is 0.191 e. The van der Waals surface area contributed by atoms with Gasteiger partial charge in [-0.3, -0.25) is 4.99 Å². The summed E-state index contributed by atoms with van der Waals surface area (Å²) in [5, 5.41) is 12.8. The van der Waals surface area contributed by atoms with E-state index < -0.39 is 0 Å². The van der Waals surface area contributed by atoms with Crippen LogP contribution in [0.4, 0.5) is 0 Å². The molecule has 2 rings (SSSR count). The van der Waals surface area contributed by atoms with Crippen molar-refractivity contribution >= 4 is 41.3 Å². The molecule has 0 amide bonds. The number of guanidine groups is 1. The molecule has 0 aliphatic rings. The first-order valence-electron chi connectivity index (χ1n) is 7.69. The molecule has 0 atom stereocenters. The summed E-state index contributed by atoms with van der Waals surface area (Å²) in [6.07, 6.45) is 2.17. The van der Waals surface area contributed by atoms with E-state index in [4.69, 9.17) is 4.52 Å². The van der Waals surface area contributed by atoms with Crippen LogP contribution in [0.5, 0.6) is 0 Å². The lowest BCUT2D eigenvalue weighted by molar-refractivity contribution is 0.368. The van der Waals surface area contributed by atoms with Gasteiger partial charge in [-0.15, -0.1) is 35.3 Å². The third kappa shape index (κ3) is 6.14. The number of hydrogen-bond acceptors (Lipinski definition) is 4. The number of nitrogens with one attached hydrogen (secondary N) is 2. The van der Waals surface area contributed by atoms with Crippen molar-refractivity contribution in [3.05, 3.63) is 39.9 Å². The lowest BCUT2D eigenvalue weighted by Gasteiger charge is -2.09. The first kappa shape index (κ1) is 20.0. The van der Waals surface area contributed by atoms with Crippen LogP contribution in [-0.4, -0.2) is 18.2 Å². The average molecular weight is 448 g/mol. The molecule has 0 aliphatic heterocycles. The van der Waals surface area contributed by atoms with Crippen LogP contribution in [0.25, 0.3) is 0 Å². The minimum Gasteiger partial charge on any atom is -0.359 e. The molecule has 2 heterocycles. The molecule has 0 radical (unpaired) electrons. The molecule has 0 fully saturated rings. The van der Waals surface area contributed by atoms with Gasteiger partial charge in [0.1, 0.15) is 0 Å². The molecule has 0 unspecified atom stereocenters. The second-order valence-corrected chi connectivity index (χ2v) is 6.12. The molecule has 23 heavy (non-hydrogen) atoms. The molecule has 0 aromatic carbocycles. The molecule has 0 spiro atoms. The molecule has 5 nitrogen and oxygen atoms in total. The minimum absolute atomic E-state index is 0. The van der Waals surface area contributed by atoms with Gasteiger partial charge in [-0.25, -0.2) is 0 Å². The summed E-state index contributed by atoms with van der Waals surface area (Å²) in [4.78, 5) is 5.49. The Morgan fingerprint density at radius 3 is 2.65 bits per heavy atom. The second kappa shape index (κ2) is 10.6. The van der Waals surface area contributed by atoms with Gasteiger partial charge in [0.15, 0.2) is 11.7 Å². The Hall–Kier alpha value is -1.09. The molecule has 2 N–H and O–H groups in total. The first-order valence-corrected chi connectivity index (χ1v) is 8.57. The summed E-state index contributed by atoms with van der Waals surface area (Å²) in [6.45, 7) is 5.71. The molecule has 0 saturated heterocycles. The molecular weight excluding hydrogens is 423 g/mol. The Labute approximate surface area is 159 Å². The fourth-order valence-electron chi connectivity index (χ4n) is 2.29. The molecule has 0 saturated carbocycles. The standard InChI is InChI=1S/C16H24N4OS.HI/c1-4-12(5-2)15-9-13(21-20-15)10-18-16(17-3)19-11-14-7-6-8-22-14;/h6-9,12H,4-5,10-11H2,1-3H3,(H2,17,18,19);1H. The van der Waals surface area contributed by atoms with Crippen LogP contribution in [0.15, 0.2) is 33.1 Å². The van der Waals surface area contributed by atoms with Crippen LogP contribution < -0.4 is 10.6 Å². The summed E-state index contributed by atoms with van der Waals surface area (Å²) < 4.78 is 5.40. The normalized spacial score (nSPS) is 11.4. The quantitative estimate of drug-likeness (QED) is 0.380. The van der Waals surface area contributed by atoms with Crippen LogP contribution in [0.3, 0.4) is 0 Å². The van der Waals surface area contributed by atoms with Crippen molar-refractivity contribution < 1.29 is 4.52 Å². The van der Waals surface area contributed by atoms with Gasteiger partial charge in [0.2, 0.25) is 0 Å². The van der Waals surface area contributed by atoms with Gasteiger partial charge >= 0.3 is 0 Å². The summed E-state index contributed by atoms with van der Waals surface area (Å²) in [6, 6.07) is 6.19. The highest BCUT2D eigenvalue weighted by atomic mass is 127. The van der Waals surface area contributed by atoms with Crippen molar-refractivity contribution in [3.63, 3.8) is 0 Å². The van der Waals surface area contributed by atoms with Crippen molar-refractivity contribution in [1.29, 1.82) is 0 Å². The number of thiophene rings is 1. The molecule has 128 valence electrons. The number of aromatic nitrogens is 1. The largest absolute Gasteiger partial charge is 0.359 e. The van der Waals surface area contributed by atoms with E-state index in [2.05, 4.69) is 46.1 Å². The zero-order chi connectivity index (χ0) is 15.8. The third-order valence-corrected chi connectivity index (χ3v) is 4.52. The van der Waals surface area contributed by atoms with Crippen LogP contribution in [0.2, 0.25) is 0 Å². The van der Waals surface area contributed by atoms with Gasteiger partial charge in [0, 0.05) is 23.9 Å². The Balaban J connectivity index is 0.00000264. The Morgan fingerprint density at radius 1 is 1.30 bits per heavy atom. The molecule has 2 aromatic heterocycles. The van der Waals surface area contributed by atoms with Crippen LogP contribution in [0, 0.1) is 0 Å². The predicted molar refractivity (Wildman–Crippen MR) is 107 cm³/mol. The maximum atomic E-state index is 5.40. The van der Waals surface area contributed by atoms with E-state index in [1.807, 2.05) is 12.1 Å². The Morgan fingerprint density at radius 2 is 2.04 bits per heavy atom. The third-order valence-electron chi connectivity index (χ3n) is 3.64. The molecule has 2 aromatic rings. The molecular formula is C16H25IN4OS. The number of hydrogen-bond donors (Lipinski definition) is 2. The highest BCUT2D eigenvalue weighted by Gasteiger charge is 2.13. The van der Waals surface area contributed by atoms with Gasteiger partial charge in [0.25, 0.3) is 0 Å². The molecule has 0 aliphatic carbocycles. The van der Waals surface area contributed by atoms with Crippen LogP contribution >= 0.6 is 35.3 Å². The SMILES string of the molecule is CCC(CC)c1cc(CNC(=NC)NCc2cccs2)on1.I. The number of aliphatic imine (C=N–C) groups is 1. The van der Waals surface area contributed by atoms with Crippen LogP contribution in [0.1, 0.15) is 48.9 Å². The van der Waals surface area contributed by atoms with Gasteiger partial charge < -0.3 is 15.2 Å². The monoisotopic (exact) mass is 448 g/mol. The second-order valence-electron chi connectivity index (χ2n) is 5.09. The fourth-order valence-corrected chi connectivity index (χ4v) is 2.93. The lowest BCUT2D eigenvalue weighted by Crippen LogP contribution is -2.36. The Kier molecular flexibility index (Phi) is 9.23. The van der Waals surface area contributed by atoms with Crippen molar-refractivity contribution in [3.8, 4) is 0 Å². The molecule has 7 heteroatoms. The lowest BCUT2D eigenvalue weighted by atomic mass is 9.99. The number of halogens is 1. The zero-order valence-electron chi connectivity index (χ0n) is 13.8. The van der Waals surface area contributed by atoms with E-state index in [0.29, 0.717) is 12.5 Å². The molecule has 0 bridgehead atoms. The van der Waals surface area contributed by atoms with E-state index in [9.17, 15) is 0 Å². The van der Waals surface area contributed by atoms with Gasteiger partial charge in [-0.1, -0.05) is 25.1 Å². The highest BCUT2D eigenvalue weighted by molar-refractivity contribution is 14.0. The topological polar surface area (TPSA) is 62.5 Å². The maximum absolute atomic E-state index is 5.40. The number of nitrogens with zero attached hydrogens (tertiary/aromatic N) is 2. The van der Waals surface area contributed by atoms with Crippen molar-refractivity contribution in [2.45, 2.75) is 45.7 Å². The first-order chi connectivity index (χ1) is 10.8. The van der Waals surface area contributed by atoms with E-state index in [1.54, 1.807) is 18.4 Å². The van der Waals surface area contributed by atoms with Crippen molar-refractivity contribution in [2.75, 3.05) is 7.05 Å². The number of rotatable bonds is 7. The van der Waals surface area contributed by atoms with E-state index in [-0.39, 0.29) is 24.0 Å². The van der Waals surface area contributed by atoms with Gasteiger partial charge in [-0.05, 0) is 24.3 Å². The zero-order valence-corrected chi connectivity index (χ0v) is 17.0. The fraction of sp³-hybridized carbons (Fsp3) is 0.500. The van der Waals surface area contributed by atoms with Gasteiger partial charge in [-0.2, -0.15) is 0 Å². The Bertz CT molecular complexity index is 579. The smallest absolute Gasteiger partial charge is 0.191 e. The summed E-state index contributed by atoms with van der Waals surface area (Å²) >= 11 is 1.73. The minimum atomic E-state index is 0. The van der Waals surface area contributed by atoms with E-state index in [1.165, 1.54) is 4.88 Å². The van der Waals surface area contributed by atoms with E-state index >= 15 is 0 Å². The predicted octanol–water partition coefficient (Wildman–Crippen LogP) is 4.12. The van der Waals surface area contributed by atoms with Crippen molar-refractivity contribution in [2.24, 2.45) is 4.99 Å². The average Bonchev–Trinajstić information content (AvgIpc) is 3.20. The summed E-state index contributed by atoms with van der Waals surface area (Å²) in [5.41, 5.74) is 1.04.